The molecule has 4 aromatic rings. The van der Waals surface area contributed by atoms with Gasteiger partial charge in [-0.1, -0.05) is 12.1 Å². The van der Waals surface area contributed by atoms with Gasteiger partial charge in [0.15, 0.2) is 16.9 Å². The normalized spacial score (nSPS) is 13.9. The number of nitrogens with zero attached hydrogens (tertiary/aromatic N) is 2. The third-order valence-corrected chi connectivity index (χ3v) is 5.16. The summed E-state index contributed by atoms with van der Waals surface area (Å²) >= 11 is 0. The van der Waals surface area contributed by atoms with Crippen molar-refractivity contribution < 1.29 is 18.9 Å². The molecule has 0 radical (unpaired) electrons. The maximum Gasteiger partial charge on any atom is 0.216 e. The first-order valence-electron chi connectivity index (χ1n) is 10.5. The lowest BCUT2D eigenvalue weighted by atomic mass is 9.97. The van der Waals surface area contributed by atoms with Crippen LogP contribution < -0.4 is 4.57 Å². The summed E-state index contributed by atoms with van der Waals surface area (Å²) in [7, 11) is 1.69. The van der Waals surface area contributed by atoms with Crippen LogP contribution in [0.1, 0.15) is 33.4 Å². The van der Waals surface area contributed by atoms with Gasteiger partial charge in [0.1, 0.15) is 18.9 Å². The number of rotatable bonds is 1. The van der Waals surface area contributed by atoms with Crippen LogP contribution in [0.15, 0.2) is 34.7 Å². The molecule has 0 aliphatic carbocycles. The molecule has 0 aliphatic rings. The minimum absolute atomic E-state index is 0.0381. The third-order valence-electron chi connectivity index (χ3n) is 5.16. The molecular formula is C23H20FN2O+. The summed E-state index contributed by atoms with van der Waals surface area (Å²) < 4.78 is 55.1. The van der Waals surface area contributed by atoms with E-state index in [0.717, 1.165) is 0 Å². The molecule has 134 valence electrons. The summed E-state index contributed by atoms with van der Waals surface area (Å²) in [6.07, 6.45) is 0. The van der Waals surface area contributed by atoms with Crippen molar-refractivity contribution in [1.82, 2.24) is 0 Å². The Bertz CT molecular complexity index is 1420. The molecule has 4 heteroatoms. The highest BCUT2D eigenvalue weighted by Crippen LogP contribution is 2.39. The van der Waals surface area contributed by atoms with Crippen molar-refractivity contribution in [3.63, 3.8) is 0 Å². The summed E-state index contributed by atoms with van der Waals surface area (Å²) in [4.78, 5) is 0. The lowest BCUT2D eigenvalue weighted by Crippen LogP contribution is -2.36. The van der Waals surface area contributed by atoms with E-state index in [4.69, 9.17) is 9.90 Å². The molecule has 27 heavy (non-hydrogen) atoms. The van der Waals surface area contributed by atoms with Gasteiger partial charge in [-0.3, -0.25) is 0 Å². The minimum atomic E-state index is -2.37. The van der Waals surface area contributed by atoms with Crippen LogP contribution in [-0.2, 0) is 7.05 Å². The first kappa shape index (κ1) is 13.1. The minimum Gasteiger partial charge on any atom is -0.454 e. The standard InChI is InChI=1S/C23H20FN2O/c1-12-10-19(26(5)15(4)14(12)3)20-13(2)9-18(24)21-17-8-6-7-16(11-25)22(17)27-23(20)21/h6-10H,1-5H3/q+1/i3D3,10D. The summed E-state index contributed by atoms with van der Waals surface area (Å²) in [5.41, 5.74) is 3.27. The van der Waals surface area contributed by atoms with E-state index >= 15 is 4.39 Å². The Morgan fingerprint density at radius 2 is 2.00 bits per heavy atom. The predicted molar refractivity (Wildman–Crippen MR) is 104 cm³/mol. The topological polar surface area (TPSA) is 40.8 Å². The van der Waals surface area contributed by atoms with Gasteiger partial charge in [-0.15, -0.1) is 0 Å². The largest absolute Gasteiger partial charge is 0.454 e. The van der Waals surface area contributed by atoms with Crippen molar-refractivity contribution in [2.45, 2.75) is 27.6 Å². The van der Waals surface area contributed by atoms with Gasteiger partial charge in [0.25, 0.3) is 0 Å². The number of fused-ring (bicyclic) bond motifs is 3. The number of furan rings is 1. The van der Waals surface area contributed by atoms with Gasteiger partial charge in [-0.25, -0.2) is 4.39 Å². The van der Waals surface area contributed by atoms with Crippen LogP contribution in [0.3, 0.4) is 0 Å². The number of benzene rings is 2. The Kier molecular flexibility index (Phi) is 2.86. The first-order valence-corrected chi connectivity index (χ1v) is 8.54. The van der Waals surface area contributed by atoms with Crippen molar-refractivity contribution in [3.05, 3.63) is 64.1 Å². The van der Waals surface area contributed by atoms with E-state index in [0.29, 0.717) is 33.5 Å². The van der Waals surface area contributed by atoms with Crippen molar-refractivity contribution >= 4 is 21.9 Å². The lowest BCUT2D eigenvalue weighted by molar-refractivity contribution is -0.667. The van der Waals surface area contributed by atoms with E-state index in [2.05, 4.69) is 6.07 Å². The van der Waals surface area contributed by atoms with Gasteiger partial charge in [0, 0.05) is 28.0 Å². The zero-order valence-electron chi connectivity index (χ0n) is 19.5. The zero-order chi connectivity index (χ0) is 22.8. The molecule has 0 fully saturated rings. The Balaban J connectivity index is 2.22. The smallest absolute Gasteiger partial charge is 0.216 e. The van der Waals surface area contributed by atoms with Gasteiger partial charge < -0.3 is 4.42 Å². The summed E-state index contributed by atoms with van der Waals surface area (Å²) in [5.74, 6) is -0.480. The van der Waals surface area contributed by atoms with E-state index < -0.39 is 12.7 Å². The van der Waals surface area contributed by atoms with E-state index in [1.54, 1.807) is 50.6 Å². The molecule has 2 heterocycles. The monoisotopic (exact) mass is 363 g/mol. The van der Waals surface area contributed by atoms with Crippen LogP contribution in [0.4, 0.5) is 4.39 Å². The van der Waals surface area contributed by atoms with E-state index in [-0.39, 0.29) is 33.7 Å². The number of halogens is 1. The van der Waals surface area contributed by atoms with Crippen LogP contribution >= 0.6 is 0 Å². The van der Waals surface area contributed by atoms with Gasteiger partial charge in [-0.2, -0.15) is 9.83 Å². The molecule has 0 atom stereocenters. The maximum atomic E-state index is 15.1. The molecule has 0 saturated heterocycles. The summed E-state index contributed by atoms with van der Waals surface area (Å²) in [6.45, 7) is 2.66. The van der Waals surface area contributed by atoms with Crippen LogP contribution in [-0.4, -0.2) is 0 Å². The molecule has 0 amide bonds. The van der Waals surface area contributed by atoms with Crippen molar-refractivity contribution in [1.29, 1.82) is 5.26 Å². The molecule has 0 N–H and O–H groups in total. The van der Waals surface area contributed by atoms with Gasteiger partial charge in [0.05, 0.1) is 17.9 Å². The number of para-hydroxylation sites is 1. The van der Waals surface area contributed by atoms with E-state index in [1.807, 2.05) is 0 Å². The average molecular weight is 363 g/mol. The van der Waals surface area contributed by atoms with Gasteiger partial charge >= 0.3 is 0 Å². The molecule has 3 nitrogen and oxygen atoms in total. The fourth-order valence-electron chi connectivity index (χ4n) is 3.59. The molecule has 2 aromatic heterocycles. The number of hydrogen-bond acceptors (Lipinski definition) is 2. The van der Waals surface area contributed by atoms with Crippen LogP contribution in [0.5, 0.6) is 0 Å². The summed E-state index contributed by atoms with van der Waals surface area (Å²) in [6, 6.07) is 8.46. The van der Waals surface area contributed by atoms with Crippen molar-refractivity contribution in [2.24, 2.45) is 7.05 Å². The van der Waals surface area contributed by atoms with Gasteiger partial charge in [-0.05, 0) is 44.0 Å². The van der Waals surface area contributed by atoms with E-state index in [1.165, 1.54) is 6.07 Å². The Hall–Kier alpha value is -3.19. The van der Waals surface area contributed by atoms with E-state index in [9.17, 15) is 5.26 Å². The second kappa shape index (κ2) is 5.92. The molecule has 2 aromatic carbocycles. The maximum absolute atomic E-state index is 15.1. The number of aromatic nitrogens is 1. The fourth-order valence-corrected chi connectivity index (χ4v) is 3.59. The number of pyridine rings is 1. The highest BCUT2D eigenvalue weighted by molar-refractivity contribution is 6.11. The second-order valence-corrected chi connectivity index (χ2v) is 6.77. The van der Waals surface area contributed by atoms with Crippen LogP contribution in [0, 0.1) is 44.8 Å². The average Bonchev–Trinajstić information content (AvgIpc) is 3.07. The molecule has 0 bridgehead atoms. The lowest BCUT2D eigenvalue weighted by Gasteiger charge is -2.11. The Morgan fingerprint density at radius 3 is 2.70 bits per heavy atom. The van der Waals surface area contributed by atoms with Crippen molar-refractivity contribution in [3.8, 4) is 17.3 Å². The predicted octanol–water partition coefficient (Wildman–Crippen LogP) is 5.32. The quantitative estimate of drug-likeness (QED) is 0.429. The highest BCUT2D eigenvalue weighted by atomic mass is 19.1. The first-order chi connectivity index (χ1) is 14.5. The second-order valence-electron chi connectivity index (χ2n) is 6.77. The molecule has 0 unspecified atom stereocenters. The highest BCUT2D eigenvalue weighted by Gasteiger charge is 2.26. The molecule has 4 rings (SSSR count). The molecule has 0 aliphatic heterocycles. The SMILES string of the molecule is [2H]c1c(C)c(C([2H])([2H])[2H])c(C)[n+](C)c1-c1c(C)cc(F)c2c1oc1c(C#N)cccc12. The molecule has 0 saturated carbocycles. The summed E-state index contributed by atoms with van der Waals surface area (Å²) in [5, 5.41) is 10.2. The Morgan fingerprint density at radius 1 is 1.22 bits per heavy atom. The number of hydrogen-bond donors (Lipinski definition) is 0. The third kappa shape index (κ3) is 2.35. The zero-order valence-corrected chi connectivity index (χ0v) is 15.5. The van der Waals surface area contributed by atoms with Crippen LogP contribution in [0.25, 0.3) is 33.2 Å². The molecule has 0 spiro atoms. The van der Waals surface area contributed by atoms with Gasteiger partial charge in [0.2, 0.25) is 5.69 Å². The van der Waals surface area contributed by atoms with Crippen molar-refractivity contribution in [2.75, 3.05) is 0 Å². The number of nitriles is 1. The fraction of sp³-hybridized carbons (Fsp3) is 0.217. The Labute approximate surface area is 162 Å². The van der Waals surface area contributed by atoms with Crippen LogP contribution in [0.2, 0.25) is 0 Å². The molecular weight excluding hydrogens is 339 g/mol. The number of aryl methyl sites for hydroxylation is 1.